The van der Waals surface area contributed by atoms with E-state index < -0.39 is 11.4 Å². The normalized spacial score (nSPS) is 10.7. The quantitative estimate of drug-likeness (QED) is 0.650. The summed E-state index contributed by atoms with van der Waals surface area (Å²) in [5.41, 5.74) is -0.0375. The van der Waals surface area contributed by atoms with E-state index in [1.54, 1.807) is 31.4 Å². The number of hydrogen-bond donors (Lipinski definition) is 0. The lowest BCUT2D eigenvalue weighted by Crippen LogP contribution is -2.25. The third kappa shape index (κ3) is 3.32. The van der Waals surface area contributed by atoms with Gasteiger partial charge in [0.25, 0.3) is 0 Å². The lowest BCUT2D eigenvalue weighted by atomic mass is 10.2. The van der Waals surface area contributed by atoms with Crippen molar-refractivity contribution in [3.63, 3.8) is 0 Å². The molecule has 0 unspecified atom stereocenters. The van der Waals surface area contributed by atoms with Gasteiger partial charge in [-0.2, -0.15) is 0 Å². The molecule has 0 saturated heterocycles. The van der Waals surface area contributed by atoms with E-state index in [-0.39, 0.29) is 0 Å². The maximum absolute atomic E-state index is 11.9. The summed E-state index contributed by atoms with van der Waals surface area (Å²) in [6.45, 7) is 0.839. The lowest BCUT2D eigenvalue weighted by molar-refractivity contribution is 0.296. The molecule has 0 aliphatic rings. The van der Waals surface area contributed by atoms with Gasteiger partial charge >= 0.3 is 11.4 Å². The molecule has 0 aliphatic heterocycles. The number of benzene rings is 2. The van der Waals surface area contributed by atoms with E-state index in [9.17, 15) is 9.59 Å². The lowest BCUT2D eigenvalue weighted by Gasteiger charge is -2.09. The van der Waals surface area contributed by atoms with Crippen molar-refractivity contribution >= 4 is 10.9 Å². The van der Waals surface area contributed by atoms with Gasteiger partial charge in [0.1, 0.15) is 11.5 Å². The van der Waals surface area contributed by atoms with Gasteiger partial charge in [-0.25, -0.2) is 9.59 Å². The molecule has 0 spiro atoms. The second-order valence-corrected chi connectivity index (χ2v) is 5.20. The minimum Gasteiger partial charge on any atom is -0.497 e. The van der Waals surface area contributed by atoms with Crippen molar-refractivity contribution in [2.24, 2.45) is 0 Å². The van der Waals surface area contributed by atoms with Crippen LogP contribution >= 0.6 is 0 Å². The van der Waals surface area contributed by atoms with E-state index in [1.165, 1.54) is 4.57 Å². The van der Waals surface area contributed by atoms with Crippen molar-refractivity contribution in [2.45, 2.75) is 13.0 Å². The highest BCUT2D eigenvalue weighted by Gasteiger charge is 2.08. The number of rotatable bonds is 6. The first-order valence-corrected chi connectivity index (χ1v) is 7.58. The Morgan fingerprint density at radius 2 is 1.71 bits per heavy atom. The molecule has 6 heteroatoms. The maximum atomic E-state index is 11.9. The standard InChI is InChI=1S/C18H17NO5/c1-22-13-7-9-14(10-8-13)23-12-4-11-19-16-6-3-2-5-15(16)17(20)24-18(19)21/h2-3,5-10H,4,11-12H2,1H3. The monoisotopic (exact) mass is 327 g/mol. The minimum absolute atomic E-state index is 0.396. The Morgan fingerprint density at radius 1 is 1.00 bits per heavy atom. The summed E-state index contributed by atoms with van der Waals surface area (Å²) in [7, 11) is 1.61. The first-order chi connectivity index (χ1) is 11.7. The van der Waals surface area contributed by atoms with E-state index in [2.05, 4.69) is 0 Å². The predicted octanol–water partition coefficient (Wildman–Crippen LogP) is 2.43. The van der Waals surface area contributed by atoms with Crippen LogP contribution in [-0.4, -0.2) is 18.3 Å². The molecule has 0 atom stereocenters. The van der Waals surface area contributed by atoms with E-state index in [0.717, 1.165) is 11.5 Å². The van der Waals surface area contributed by atoms with Gasteiger partial charge in [0.15, 0.2) is 0 Å². The fourth-order valence-corrected chi connectivity index (χ4v) is 2.47. The molecule has 0 aliphatic carbocycles. The molecule has 0 saturated carbocycles. The molecule has 124 valence electrons. The van der Waals surface area contributed by atoms with Crippen LogP contribution in [0, 0.1) is 0 Å². The third-order valence-electron chi connectivity index (χ3n) is 3.67. The smallest absolute Gasteiger partial charge is 0.422 e. The molecule has 0 amide bonds. The van der Waals surface area contributed by atoms with Crippen molar-refractivity contribution in [3.05, 3.63) is 69.5 Å². The summed E-state index contributed by atoms with van der Waals surface area (Å²) < 4.78 is 16.9. The number of ether oxygens (including phenoxy) is 2. The van der Waals surface area contributed by atoms with Crippen molar-refractivity contribution < 1.29 is 13.9 Å². The molecule has 2 aromatic carbocycles. The number of aryl methyl sites for hydroxylation is 1. The Labute approximate surface area is 137 Å². The number of para-hydroxylation sites is 1. The molecule has 0 N–H and O–H groups in total. The molecule has 3 rings (SSSR count). The van der Waals surface area contributed by atoms with Gasteiger partial charge in [-0.15, -0.1) is 0 Å². The molecule has 0 fully saturated rings. The Bertz CT molecular complexity index is 940. The first kappa shape index (κ1) is 15.9. The Kier molecular flexibility index (Phi) is 4.65. The zero-order valence-electron chi connectivity index (χ0n) is 13.2. The molecule has 1 heterocycles. The average molecular weight is 327 g/mol. The second-order valence-electron chi connectivity index (χ2n) is 5.20. The molecule has 6 nitrogen and oxygen atoms in total. The van der Waals surface area contributed by atoms with Gasteiger partial charge in [0.05, 0.1) is 24.6 Å². The van der Waals surface area contributed by atoms with E-state index in [1.807, 2.05) is 24.3 Å². The van der Waals surface area contributed by atoms with Gasteiger partial charge in [-0.1, -0.05) is 12.1 Å². The van der Waals surface area contributed by atoms with Crippen LogP contribution in [0.2, 0.25) is 0 Å². The maximum Gasteiger partial charge on any atom is 0.422 e. The molecule has 3 aromatic rings. The van der Waals surface area contributed by atoms with Crippen molar-refractivity contribution in [3.8, 4) is 11.5 Å². The molecule has 0 radical (unpaired) electrons. The van der Waals surface area contributed by atoms with E-state index in [4.69, 9.17) is 13.9 Å². The highest BCUT2D eigenvalue weighted by molar-refractivity contribution is 5.77. The number of hydrogen-bond acceptors (Lipinski definition) is 5. The number of aromatic nitrogens is 1. The first-order valence-electron chi connectivity index (χ1n) is 7.58. The topological polar surface area (TPSA) is 70.7 Å². The number of methoxy groups -OCH3 is 1. The van der Waals surface area contributed by atoms with Crippen LogP contribution in [0.4, 0.5) is 0 Å². The van der Waals surface area contributed by atoms with Crippen LogP contribution in [0.3, 0.4) is 0 Å². The fourth-order valence-electron chi connectivity index (χ4n) is 2.47. The van der Waals surface area contributed by atoms with Gasteiger partial charge in [0.2, 0.25) is 0 Å². The fraction of sp³-hybridized carbons (Fsp3) is 0.222. The van der Waals surface area contributed by atoms with E-state index >= 15 is 0 Å². The Hall–Kier alpha value is -3.02. The molecule has 24 heavy (non-hydrogen) atoms. The summed E-state index contributed by atoms with van der Waals surface area (Å²) in [6, 6.07) is 14.2. The summed E-state index contributed by atoms with van der Waals surface area (Å²) >= 11 is 0. The van der Waals surface area contributed by atoms with Crippen LogP contribution in [0.25, 0.3) is 10.9 Å². The minimum atomic E-state index is -0.650. The van der Waals surface area contributed by atoms with E-state index in [0.29, 0.717) is 30.5 Å². The van der Waals surface area contributed by atoms with Crippen molar-refractivity contribution in [1.82, 2.24) is 4.57 Å². The molecule has 0 bridgehead atoms. The second kappa shape index (κ2) is 7.04. The molecule has 1 aromatic heterocycles. The van der Waals surface area contributed by atoms with Crippen molar-refractivity contribution in [2.75, 3.05) is 13.7 Å². The zero-order chi connectivity index (χ0) is 16.9. The van der Waals surface area contributed by atoms with Crippen molar-refractivity contribution in [1.29, 1.82) is 0 Å². The predicted molar refractivity (Wildman–Crippen MR) is 89.9 cm³/mol. The number of nitrogens with zero attached hydrogens (tertiary/aromatic N) is 1. The SMILES string of the molecule is COc1ccc(OCCCn2c(=O)oc(=O)c3ccccc32)cc1. The van der Waals surface area contributed by atoms with Gasteiger partial charge in [0, 0.05) is 6.54 Å². The summed E-state index contributed by atoms with van der Waals surface area (Å²) in [5, 5.41) is 0.396. The highest BCUT2D eigenvalue weighted by atomic mass is 16.5. The number of fused-ring (bicyclic) bond motifs is 1. The van der Waals surface area contributed by atoms with Crippen LogP contribution in [0.5, 0.6) is 11.5 Å². The van der Waals surface area contributed by atoms with Gasteiger partial charge in [-0.3, -0.25) is 4.57 Å². The largest absolute Gasteiger partial charge is 0.497 e. The highest BCUT2D eigenvalue weighted by Crippen LogP contribution is 2.17. The Balaban J connectivity index is 1.67. The zero-order valence-corrected chi connectivity index (χ0v) is 13.2. The van der Waals surface area contributed by atoms with Gasteiger partial charge < -0.3 is 13.9 Å². The summed E-state index contributed by atoms with van der Waals surface area (Å²) in [4.78, 5) is 23.6. The van der Waals surface area contributed by atoms with Crippen LogP contribution in [0.15, 0.2) is 62.5 Å². The summed E-state index contributed by atoms with van der Waals surface area (Å²) in [5.74, 6) is 0.843. The van der Waals surface area contributed by atoms with Crippen LogP contribution < -0.4 is 20.9 Å². The van der Waals surface area contributed by atoms with Gasteiger partial charge in [-0.05, 0) is 42.8 Å². The Morgan fingerprint density at radius 3 is 2.46 bits per heavy atom. The summed E-state index contributed by atoms with van der Waals surface area (Å²) in [6.07, 6.45) is 0.601. The molecular formula is C18H17NO5. The van der Waals surface area contributed by atoms with Crippen LogP contribution in [0.1, 0.15) is 6.42 Å². The van der Waals surface area contributed by atoms with Crippen LogP contribution in [-0.2, 0) is 6.54 Å². The average Bonchev–Trinajstić information content (AvgIpc) is 2.61. The molecular weight excluding hydrogens is 310 g/mol. The third-order valence-corrected chi connectivity index (χ3v) is 3.67.